The SMILES string of the molecule is CC.COc1ccc(-n2c(C)nc3cnccc32)c(C)c1. The van der Waals surface area contributed by atoms with E-state index in [2.05, 4.69) is 27.5 Å². The first-order valence-corrected chi connectivity index (χ1v) is 7.15. The highest BCUT2D eigenvalue weighted by Gasteiger charge is 2.11. The second-order valence-electron chi connectivity index (χ2n) is 4.51. The number of ether oxygens (including phenoxy) is 1. The highest BCUT2D eigenvalue weighted by atomic mass is 16.5. The number of hydrogen-bond donors (Lipinski definition) is 0. The summed E-state index contributed by atoms with van der Waals surface area (Å²) >= 11 is 0. The van der Waals surface area contributed by atoms with Gasteiger partial charge in [0, 0.05) is 6.20 Å². The van der Waals surface area contributed by atoms with E-state index < -0.39 is 0 Å². The number of nitrogens with zero attached hydrogens (tertiary/aromatic N) is 3. The first kappa shape index (κ1) is 15.0. The zero-order chi connectivity index (χ0) is 15.4. The van der Waals surface area contributed by atoms with Crippen LogP contribution in [0.5, 0.6) is 5.75 Å². The Morgan fingerprint density at radius 1 is 1.10 bits per heavy atom. The first-order valence-electron chi connectivity index (χ1n) is 7.15. The lowest BCUT2D eigenvalue weighted by molar-refractivity contribution is 0.414. The van der Waals surface area contributed by atoms with E-state index in [4.69, 9.17) is 4.74 Å². The molecule has 0 unspecified atom stereocenters. The van der Waals surface area contributed by atoms with Crippen LogP contribution in [0, 0.1) is 13.8 Å². The highest BCUT2D eigenvalue weighted by molar-refractivity contribution is 5.77. The van der Waals surface area contributed by atoms with Crippen molar-refractivity contribution in [2.45, 2.75) is 27.7 Å². The molecule has 0 saturated heterocycles. The summed E-state index contributed by atoms with van der Waals surface area (Å²) in [5.74, 6) is 1.82. The summed E-state index contributed by atoms with van der Waals surface area (Å²) in [5, 5.41) is 0. The van der Waals surface area contributed by atoms with Gasteiger partial charge in [0.2, 0.25) is 0 Å². The number of aromatic nitrogens is 3. The molecule has 0 N–H and O–H groups in total. The van der Waals surface area contributed by atoms with Crippen LogP contribution < -0.4 is 4.74 Å². The summed E-state index contributed by atoms with van der Waals surface area (Å²) in [5.41, 5.74) is 4.25. The average molecular weight is 283 g/mol. The third-order valence-electron chi connectivity index (χ3n) is 3.27. The first-order chi connectivity index (χ1) is 10.2. The summed E-state index contributed by atoms with van der Waals surface area (Å²) in [6, 6.07) is 8.04. The zero-order valence-electron chi connectivity index (χ0n) is 13.2. The van der Waals surface area contributed by atoms with Crippen molar-refractivity contribution in [1.29, 1.82) is 0 Å². The van der Waals surface area contributed by atoms with Gasteiger partial charge in [0.15, 0.2) is 0 Å². The van der Waals surface area contributed by atoms with Gasteiger partial charge < -0.3 is 4.74 Å². The van der Waals surface area contributed by atoms with Gasteiger partial charge in [-0.3, -0.25) is 9.55 Å². The van der Waals surface area contributed by atoms with Gasteiger partial charge in [0.05, 0.1) is 24.5 Å². The van der Waals surface area contributed by atoms with E-state index in [0.717, 1.165) is 33.9 Å². The molecule has 0 saturated carbocycles. The van der Waals surface area contributed by atoms with Crippen molar-refractivity contribution >= 4 is 11.0 Å². The van der Waals surface area contributed by atoms with Gasteiger partial charge in [-0.15, -0.1) is 0 Å². The predicted octanol–water partition coefficient (Wildman–Crippen LogP) is 4.07. The Hall–Kier alpha value is -2.36. The molecule has 21 heavy (non-hydrogen) atoms. The Balaban J connectivity index is 0.000000774. The molecule has 0 aliphatic carbocycles. The van der Waals surface area contributed by atoms with Crippen LogP contribution in [0.15, 0.2) is 36.7 Å². The highest BCUT2D eigenvalue weighted by Crippen LogP contribution is 2.25. The number of rotatable bonds is 2. The number of fused-ring (bicyclic) bond motifs is 1. The fourth-order valence-corrected chi connectivity index (χ4v) is 2.36. The van der Waals surface area contributed by atoms with E-state index in [1.807, 2.05) is 39.0 Å². The van der Waals surface area contributed by atoms with E-state index in [-0.39, 0.29) is 0 Å². The Labute approximate surface area is 125 Å². The van der Waals surface area contributed by atoms with Crippen molar-refractivity contribution in [3.8, 4) is 11.4 Å². The lowest BCUT2D eigenvalue weighted by atomic mass is 10.2. The maximum atomic E-state index is 5.25. The molecule has 3 rings (SSSR count). The smallest absolute Gasteiger partial charge is 0.119 e. The van der Waals surface area contributed by atoms with Gasteiger partial charge in [-0.2, -0.15) is 0 Å². The Morgan fingerprint density at radius 2 is 1.86 bits per heavy atom. The van der Waals surface area contributed by atoms with E-state index in [0.29, 0.717) is 0 Å². The lowest BCUT2D eigenvalue weighted by Gasteiger charge is -2.11. The Kier molecular flexibility index (Phi) is 4.58. The van der Waals surface area contributed by atoms with E-state index in [1.54, 1.807) is 19.5 Å². The van der Waals surface area contributed by atoms with Crippen molar-refractivity contribution in [2.75, 3.05) is 7.11 Å². The van der Waals surface area contributed by atoms with Crippen LogP contribution in [0.3, 0.4) is 0 Å². The van der Waals surface area contributed by atoms with Gasteiger partial charge in [-0.1, -0.05) is 13.8 Å². The second-order valence-corrected chi connectivity index (χ2v) is 4.51. The van der Waals surface area contributed by atoms with E-state index >= 15 is 0 Å². The van der Waals surface area contributed by atoms with Crippen LogP contribution in [-0.2, 0) is 0 Å². The summed E-state index contributed by atoms with van der Waals surface area (Å²) in [6.45, 7) is 8.08. The Bertz CT molecular complexity index is 747. The standard InChI is InChI=1S/C15H15N3O.C2H6/c1-10-8-12(19-3)4-5-14(10)18-11(2)17-13-9-16-7-6-15(13)18;1-2/h4-9H,1-3H3;1-2H3. The fraction of sp³-hybridized carbons (Fsp3) is 0.294. The van der Waals surface area contributed by atoms with Crippen molar-refractivity contribution in [2.24, 2.45) is 0 Å². The van der Waals surface area contributed by atoms with Crippen molar-refractivity contribution < 1.29 is 4.74 Å². The maximum absolute atomic E-state index is 5.25. The molecule has 0 bridgehead atoms. The molecule has 1 aromatic carbocycles. The molecule has 4 nitrogen and oxygen atoms in total. The van der Waals surface area contributed by atoms with Crippen molar-refractivity contribution in [3.63, 3.8) is 0 Å². The number of imidazole rings is 1. The number of benzene rings is 1. The van der Waals surface area contributed by atoms with Gasteiger partial charge in [-0.25, -0.2) is 4.98 Å². The molecule has 4 heteroatoms. The summed E-state index contributed by atoms with van der Waals surface area (Å²) in [4.78, 5) is 8.66. The minimum Gasteiger partial charge on any atom is -0.497 e. The molecule has 0 aliphatic heterocycles. The van der Waals surface area contributed by atoms with Crippen molar-refractivity contribution in [3.05, 3.63) is 48.0 Å². The molecule has 0 fully saturated rings. The molecule has 2 heterocycles. The summed E-state index contributed by atoms with van der Waals surface area (Å²) < 4.78 is 7.39. The number of aryl methyl sites for hydroxylation is 2. The fourth-order valence-electron chi connectivity index (χ4n) is 2.36. The maximum Gasteiger partial charge on any atom is 0.119 e. The average Bonchev–Trinajstić information content (AvgIpc) is 2.85. The second kappa shape index (κ2) is 6.39. The molecule has 0 aliphatic rings. The molecule has 2 aromatic heterocycles. The number of pyridine rings is 1. The van der Waals surface area contributed by atoms with Crippen LogP contribution in [0.1, 0.15) is 25.2 Å². The topological polar surface area (TPSA) is 39.9 Å². The van der Waals surface area contributed by atoms with Crippen molar-refractivity contribution in [1.82, 2.24) is 14.5 Å². The zero-order valence-corrected chi connectivity index (χ0v) is 13.2. The van der Waals surface area contributed by atoms with Gasteiger partial charge >= 0.3 is 0 Å². The van der Waals surface area contributed by atoms with Crippen LogP contribution in [0.4, 0.5) is 0 Å². The van der Waals surface area contributed by atoms with Gasteiger partial charge in [0.1, 0.15) is 17.1 Å². The number of methoxy groups -OCH3 is 1. The molecule has 0 atom stereocenters. The molecular weight excluding hydrogens is 262 g/mol. The molecule has 3 aromatic rings. The van der Waals surface area contributed by atoms with Crippen LogP contribution in [-0.4, -0.2) is 21.6 Å². The predicted molar refractivity (Wildman–Crippen MR) is 86.2 cm³/mol. The lowest BCUT2D eigenvalue weighted by Crippen LogP contribution is -2.00. The number of hydrogen-bond acceptors (Lipinski definition) is 3. The van der Waals surface area contributed by atoms with E-state index in [1.165, 1.54) is 0 Å². The molecule has 110 valence electrons. The quantitative estimate of drug-likeness (QED) is 0.711. The Morgan fingerprint density at radius 3 is 2.52 bits per heavy atom. The minimum atomic E-state index is 0.866. The van der Waals surface area contributed by atoms with Crippen LogP contribution in [0.25, 0.3) is 16.7 Å². The van der Waals surface area contributed by atoms with Gasteiger partial charge in [0.25, 0.3) is 0 Å². The molecule has 0 spiro atoms. The molecule has 0 radical (unpaired) electrons. The normalized spacial score (nSPS) is 10.1. The third kappa shape index (κ3) is 2.75. The summed E-state index contributed by atoms with van der Waals surface area (Å²) in [6.07, 6.45) is 3.58. The third-order valence-corrected chi connectivity index (χ3v) is 3.27. The van der Waals surface area contributed by atoms with E-state index in [9.17, 15) is 0 Å². The monoisotopic (exact) mass is 283 g/mol. The van der Waals surface area contributed by atoms with Crippen LogP contribution >= 0.6 is 0 Å². The largest absolute Gasteiger partial charge is 0.497 e. The minimum absolute atomic E-state index is 0.866. The molecular formula is C17H21N3O. The molecule has 0 amide bonds. The summed E-state index contributed by atoms with van der Waals surface area (Å²) in [7, 11) is 1.68. The van der Waals surface area contributed by atoms with Gasteiger partial charge in [-0.05, 0) is 43.7 Å². The van der Waals surface area contributed by atoms with Crippen LogP contribution in [0.2, 0.25) is 0 Å².